The lowest BCUT2D eigenvalue weighted by Crippen LogP contribution is -2.29. The summed E-state index contributed by atoms with van der Waals surface area (Å²) in [6, 6.07) is 8.82. The van der Waals surface area contributed by atoms with Gasteiger partial charge >= 0.3 is 0 Å². The Morgan fingerprint density at radius 1 is 1.05 bits per heavy atom. The molecule has 1 aromatic carbocycles. The minimum Gasteiger partial charge on any atom is -0.362 e. The van der Waals surface area contributed by atoms with Crippen LogP contribution in [0.3, 0.4) is 0 Å². The molecule has 0 aliphatic carbocycles. The maximum absolute atomic E-state index is 12.1. The van der Waals surface area contributed by atoms with Gasteiger partial charge in [-0.15, -0.1) is 0 Å². The molecule has 0 radical (unpaired) electrons. The minimum absolute atomic E-state index is 0.0329. The Labute approximate surface area is 128 Å². The Morgan fingerprint density at radius 3 is 2.38 bits per heavy atom. The molecule has 3 heteroatoms. The Morgan fingerprint density at radius 2 is 1.76 bits per heavy atom. The number of Topliss-reactive ketones (excluding diaryl/α,β-unsaturated/α-hetero) is 1. The third-order valence-electron chi connectivity index (χ3n) is 3.59. The number of ketones is 1. The van der Waals surface area contributed by atoms with E-state index < -0.39 is 6.29 Å². The van der Waals surface area contributed by atoms with Crippen LogP contribution in [-0.2, 0) is 4.74 Å². The highest BCUT2D eigenvalue weighted by Crippen LogP contribution is 2.16. The number of aliphatic hydroxyl groups excluding tert-OH is 1. The first-order chi connectivity index (χ1) is 10.2. The number of rotatable bonds is 11. The van der Waals surface area contributed by atoms with Crippen LogP contribution in [0.4, 0.5) is 0 Å². The Bertz CT molecular complexity index is 389. The summed E-state index contributed by atoms with van der Waals surface area (Å²) < 4.78 is 5.59. The summed E-state index contributed by atoms with van der Waals surface area (Å²) >= 11 is 0. The fourth-order valence-corrected chi connectivity index (χ4v) is 2.39. The number of ether oxygens (including phenoxy) is 1. The molecule has 0 aliphatic rings. The van der Waals surface area contributed by atoms with Gasteiger partial charge < -0.3 is 9.84 Å². The van der Waals surface area contributed by atoms with Crippen molar-refractivity contribution in [3.63, 3.8) is 0 Å². The fourth-order valence-electron chi connectivity index (χ4n) is 2.39. The van der Waals surface area contributed by atoms with Crippen molar-refractivity contribution in [2.24, 2.45) is 0 Å². The van der Waals surface area contributed by atoms with E-state index in [0.29, 0.717) is 5.56 Å². The number of aliphatic hydroxyl groups is 1. The van der Waals surface area contributed by atoms with Crippen molar-refractivity contribution in [2.45, 2.75) is 71.2 Å². The van der Waals surface area contributed by atoms with Crippen LogP contribution in [0.5, 0.6) is 0 Å². The molecule has 118 valence electrons. The molecule has 0 bridgehead atoms. The number of hydrogen-bond donors (Lipinski definition) is 1. The van der Waals surface area contributed by atoms with E-state index in [0.717, 1.165) is 25.7 Å². The zero-order valence-corrected chi connectivity index (χ0v) is 13.3. The molecule has 1 rings (SSSR count). The largest absolute Gasteiger partial charge is 0.362 e. The Hall–Kier alpha value is -1.19. The molecule has 2 atom stereocenters. The summed E-state index contributed by atoms with van der Waals surface area (Å²) in [5.41, 5.74) is 0.492. The third-order valence-corrected chi connectivity index (χ3v) is 3.59. The summed E-state index contributed by atoms with van der Waals surface area (Å²) in [6.45, 7) is 4.27. The first-order valence-electron chi connectivity index (χ1n) is 8.11. The summed E-state index contributed by atoms with van der Waals surface area (Å²) in [4.78, 5) is 12.1. The van der Waals surface area contributed by atoms with Gasteiger partial charge in [-0.25, -0.2) is 0 Å². The summed E-state index contributed by atoms with van der Waals surface area (Å²) in [7, 11) is 0. The van der Waals surface area contributed by atoms with E-state index in [1.807, 2.05) is 6.07 Å². The van der Waals surface area contributed by atoms with Crippen molar-refractivity contribution in [3.05, 3.63) is 35.9 Å². The standard InChI is InChI=1S/C18H28O3/c1-3-5-6-10-14-16(11-4-2)21-18(20)17(19)15-12-8-7-9-13-15/h7-9,12-13,16,18,20H,3-6,10-11,14H2,1-2H3. The minimum atomic E-state index is -1.35. The van der Waals surface area contributed by atoms with Crippen LogP contribution >= 0.6 is 0 Å². The van der Waals surface area contributed by atoms with Crippen LogP contribution in [0.25, 0.3) is 0 Å². The highest BCUT2D eigenvalue weighted by molar-refractivity contribution is 5.98. The number of benzene rings is 1. The van der Waals surface area contributed by atoms with Crippen LogP contribution in [0.1, 0.15) is 69.2 Å². The first-order valence-corrected chi connectivity index (χ1v) is 8.11. The van der Waals surface area contributed by atoms with Crippen LogP contribution in [-0.4, -0.2) is 23.3 Å². The van der Waals surface area contributed by atoms with Gasteiger partial charge in [0.25, 0.3) is 0 Å². The van der Waals surface area contributed by atoms with Crippen molar-refractivity contribution in [1.82, 2.24) is 0 Å². The maximum atomic E-state index is 12.1. The lowest BCUT2D eigenvalue weighted by atomic mass is 10.1. The summed E-state index contributed by atoms with van der Waals surface area (Å²) in [5, 5.41) is 10.00. The summed E-state index contributed by atoms with van der Waals surface area (Å²) in [5.74, 6) is -0.356. The van der Waals surface area contributed by atoms with E-state index >= 15 is 0 Å². The number of carbonyl (C=O) groups excluding carboxylic acids is 1. The normalized spacial score (nSPS) is 13.9. The van der Waals surface area contributed by atoms with Crippen molar-refractivity contribution in [3.8, 4) is 0 Å². The average molecular weight is 292 g/mol. The SMILES string of the molecule is CCCCCCC(CCC)OC(O)C(=O)c1ccccc1. The molecule has 0 saturated heterocycles. The van der Waals surface area contributed by atoms with Gasteiger partial charge in [-0.05, 0) is 12.8 Å². The Balaban J connectivity index is 2.47. The van der Waals surface area contributed by atoms with Crippen LogP contribution in [0.2, 0.25) is 0 Å². The van der Waals surface area contributed by atoms with Crippen molar-refractivity contribution < 1.29 is 14.6 Å². The van der Waals surface area contributed by atoms with E-state index in [2.05, 4.69) is 13.8 Å². The zero-order chi connectivity index (χ0) is 15.5. The van der Waals surface area contributed by atoms with Gasteiger partial charge in [0.15, 0.2) is 0 Å². The van der Waals surface area contributed by atoms with Gasteiger partial charge in [0, 0.05) is 5.56 Å². The average Bonchev–Trinajstić information content (AvgIpc) is 2.51. The molecular weight excluding hydrogens is 264 g/mol. The van der Waals surface area contributed by atoms with Gasteiger partial charge in [-0.2, -0.15) is 0 Å². The molecule has 1 N–H and O–H groups in total. The highest BCUT2D eigenvalue weighted by Gasteiger charge is 2.21. The monoisotopic (exact) mass is 292 g/mol. The zero-order valence-electron chi connectivity index (χ0n) is 13.3. The molecule has 0 fully saturated rings. The second-order valence-corrected chi connectivity index (χ2v) is 5.48. The topological polar surface area (TPSA) is 46.5 Å². The highest BCUT2D eigenvalue weighted by atomic mass is 16.6. The Kier molecular flexibility index (Phi) is 8.95. The van der Waals surface area contributed by atoms with Gasteiger partial charge in [-0.3, -0.25) is 4.79 Å². The predicted octanol–water partition coefficient (Wildman–Crippen LogP) is 4.34. The quantitative estimate of drug-likeness (QED) is 0.375. The molecule has 0 aromatic heterocycles. The molecule has 0 aliphatic heterocycles. The lowest BCUT2D eigenvalue weighted by Gasteiger charge is -2.20. The second kappa shape index (κ2) is 10.5. The second-order valence-electron chi connectivity index (χ2n) is 5.48. The fraction of sp³-hybridized carbons (Fsp3) is 0.611. The maximum Gasteiger partial charge on any atom is 0.220 e. The van der Waals surface area contributed by atoms with Crippen LogP contribution in [0, 0.1) is 0 Å². The lowest BCUT2D eigenvalue weighted by molar-refractivity contribution is -0.113. The van der Waals surface area contributed by atoms with Crippen molar-refractivity contribution >= 4 is 5.78 Å². The van der Waals surface area contributed by atoms with Crippen molar-refractivity contribution in [1.29, 1.82) is 0 Å². The smallest absolute Gasteiger partial charge is 0.220 e. The molecule has 0 heterocycles. The molecule has 0 spiro atoms. The van der Waals surface area contributed by atoms with E-state index in [-0.39, 0.29) is 11.9 Å². The molecule has 21 heavy (non-hydrogen) atoms. The predicted molar refractivity (Wildman–Crippen MR) is 85.3 cm³/mol. The van der Waals surface area contributed by atoms with Crippen molar-refractivity contribution in [2.75, 3.05) is 0 Å². The molecule has 2 unspecified atom stereocenters. The van der Waals surface area contributed by atoms with Crippen LogP contribution < -0.4 is 0 Å². The number of carbonyl (C=O) groups is 1. The first kappa shape index (κ1) is 17.9. The molecular formula is C18H28O3. The van der Waals surface area contributed by atoms with E-state index in [1.165, 1.54) is 19.3 Å². The summed E-state index contributed by atoms with van der Waals surface area (Å²) in [6.07, 6.45) is 6.10. The van der Waals surface area contributed by atoms with Crippen LogP contribution in [0.15, 0.2) is 30.3 Å². The number of hydrogen-bond acceptors (Lipinski definition) is 3. The van der Waals surface area contributed by atoms with E-state index in [9.17, 15) is 9.90 Å². The molecule has 0 amide bonds. The third kappa shape index (κ3) is 6.87. The van der Waals surface area contributed by atoms with Gasteiger partial charge in [-0.1, -0.05) is 76.3 Å². The molecule has 1 aromatic rings. The number of unbranched alkanes of at least 4 members (excludes halogenated alkanes) is 3. The van der Waals surface area contributed by atoms with Gasteiger partial charge in [0.05, 0.1) is 6.10 Å². The van der Waals surface area contributed by atoms with Gasteiger partial charge in [0.2, 0.25) is 12.1 Å². The molecule has 3 nitrogen and oxygen atoms in total. The van der Waals surface area contributed by atoms with Gasteiger partial charge in [0.1, 0.15) is 0 Å². The van der Waals surface area contributed by atoms with E-state index in [1.54, 1.807) is 24.3 Å². The van der Waals surface area contributed by atoms with E-state index in [4.69, 9.17) is 4.74 Å². The molecule has 0 saturated carbocycles.